The maximum absolute atomic E-state index is 12.8. The van der Waals surface area contributed by atoms with Crippen molar-refractivity contribution in [2.45, 2.75) is 211 Å². The highest BCUT2D eigenvalue weighted by atomic mass is 31.2. The van der Waals surface area contributed by atoms with Gasteiger partial charge in [-0.05, 0) is 96.3 Å². The molecule has 1 saturated carbocycles. The van der Waals surface area contributed by atoms with Crippen LogP contribution < -0.4 is 0 Å². The first-order valence-corrected chi connectivity index (χ1v) is 26.5. The number of esters is 2. The summed E-state index contributed by atoms with van der Waals surface area (Å²) in [5.74, 6) is -1.16. The molecule has 0 radical (unpaired) electrons. The summed E-state index contributed by atoms with van der Waals surface area (Å²) >= 11 is 0. The van der Waals surface area contributed by atoms with Gasteiger partial charge in [-0.1, -0.05) is 156 Å². The van der Waals surface area contributed by atoms with Crippen LogP contribution >= 0.6 is 7.82 Å². The van der Waals surface area contributed by atoms with Crippen LogP contribution in [0.4, 0.5) is 0 Å². The van der Waals surface area contributed by atoms with E-state index in [2.05, 4.69) is 111 Å². The van der Waals surface area contributed by atoms with Crippen molar-refractivity contribution in [1.29, 1.82) is 0 Å². The summed E-state index contributed by atoms with van der Waals surface area (Å²) in [6.45, 7) is 3.12. The summed E-state index contributed by atoms with van der Waals surface area (Å²) in [7, 11) is -5.14. The third kappa shape index (κ3) is 33.8. The number of ether oxygens (including phenoxy) is 2. The third-order valence-corrected chi connectivity index (χ3v) is 11.9. The monoisotopic (exact) mass is 963 g/mol. The summed E-state index contributed by atoms with van der Waals surface area (Å²) in [4.78, 5) is 35.8. The fraction of sp³-hybridized carbons (Fsp3) is 0.660. The van der Waals surface area contributed by atoms with Crippen molar-refractivity contribution in [1.82, 2.24) is 0 Å². The maximum Gasteiger partial charge on any atom is 0.472 e. The van der Waals surface area contributed by atoms with Crippen LogP contribution in [0.1, 0.15) is 168 Å². The molecule has 0 spiro atoms. The molecule has 0 aromatic heterocycles. The van der Waals surface area contributed by atoms with E-state index in [1.54, 1.807) is 0 Å². The van der Waals surface area contributed by atoms with E-state index in [0.29, 0.717) is 12.8 Å². The largest absolute Gasteiger partial charge is 0.472 e. The number of hydrogen-bond donors (Lipinski definition) is 6. The molecule has 0 amide bonds. The van der Waals surface area contributed by atoms with Crippen molar-refractivity contribution in [3.05, 3.63) is 97.2 Å². The molecule has 0 heterocycles. The number of carbonyl (C=O) groups excluding carboxylic acids is 2. The maximum atomic E-state index is 12.8. The Morgan fingerprint density at radius 1 is 0.478 bits per heavy atom. The van der Waals surface area contributed by atoms with Gasteiger partial charge in [0.05, 0.1) is 6.61 Å². The summed E-state index contributed by atoms with van der Waals surface area (Å²) in [5, 5.41) is 50.3. The summed E-state index contributed by atoms with van der Waals surface area (Å²) in [5.41, 5.74) is 0. The van der Waals surface area contributed by atoms with Crippen molar-refractivity contribution in [3.8, 4) is 0 Å². The first-order chi connectivity index (χ1) is 32.4. The molecule has 1 rings (SSSR count). The van der Waals surface area contributed by atoms with Gasteiger partial charge < -0.3 is 39.9 Å². The lowest BCUT2D eigenvalue weighted by Crippen LogP contribution is -2.64. The molecule has 6 atom stereocenters. The Morgan fingerprint density at radius 3 is 1.31 bits per heavy atom. The predicted octanol–water partition coefficient (Wildman–Crippen LogP) is 10.6. The van der Waals surface area contributed by atoms with E-state index >= 15 is 0 Å². The molecular formula is C53H87O13P. The van der Waals surface area contributed by atoms with Gasteiger partial charge in [-0.25, -0.2) is 4.57 Å². The molecule has 67 heavy (non-hydrogen) atoms. The fourth-order valence-electron chi connectivity index (χ4n) is 6.91. The summed E-state index contributed by atoms with van der Waals surface area (Å²) in [6, 6.07) is 0. The van der Waals surface area contributed by atoms with E-state index in [-0.39, 0.29) is 12.8 Å². The Morgan fingerprint density at radius 2 is 0.851 bits per heavy atom. The minimum absolute atomic E-state index is 0.0486. The predicted molar refractivity (Wildman–Crippen MR) is 267 cm³/mol. The molecule has 6 unspecified atom stereocenters. The Labute approximate surface area is 402 Å². The summed E-state index contributed by atoms with van der Waals surface area (Å²) < 4.78 is 33.6. The highest BCUT2D eigenvalue weighted by molar-refractivity contribution is 7.47. The molecule has 0 aliphatic heterocycles. The normalized spacial score (nSPS) is 22.0. The Bertz CT molecular complexity index is 1530. The Kier molecular flexibility index (Phi) is 38.5. The lowest BCUT2D eigenvalue weighted by atomic mass is 9.85. The number of aliphatic hydroxyl groups is 5. The van der Waals surface area contributed by atoms with Crippen molar-refractivity contribution in [2.24, 2.45) is 0 Å². The lowest BCUT2D eigenvalue weighted by Gasteiger charge is -2.41. The second-order valence-electron chi connectivity index (χ2n) is 16.9. The number of phosphoric acid groups is 1. The minimum Gasteiger partial charge on any atom is -0.462 e. The average Bonchev–Trinajstić information content (AvgIpc) is 3.31. The molecule has 13 nitrogen and oxygen atoms in total. The molecule has 1 aliphatic rings. The van der Waals surface area contributed by atoms with E-state index in [4.69, 9.17) is 18.5 Å². The standard InChI is InChI=1S/C53H87O13P/c1-3-5-7-9-11-13-15-17-19-21-23-25-27-29-31-33-35-37-39-41-46(54)63-43-45(44-64-67(61,62)66-53-51(59)49(57)48(56)50(58)52(53)60)65-47(55)42-40-38-36-34-32-30-28-26-24-22-20-18-16-14-12-10-8-6-4-2/h6,8,11-14,17-20,23-26,30,32,45,48-53,56-60H,3-5,7,9-10,15-16,21-22,27-29,31,33-44H2,1-2H3,(H,61,62)/b8-6-,13-11-,14-12-,19-17-,20-18-,25-23-,26-24-,32-30-. The molecule has 0 saturated heterocycles. The molecular weight excluding hydrogens is 876 g/mol. The van der Waals surface area contributed by atoms with Gasteiger partial charge in [0.25, 0.3) is 0 Å². The number of rotatable bonds is 40. The first kappa shape index (κ1) is 61.8. The van der Waals surface area contributed by atoms with Gasteiger partial charge in [0, 0.05) is 12.8 Å². The van der Waals surface area contributed by atoms with E-state index in [0.717, 1.165) is 109 Å². The number of allylic oxidation sites excluding steroid dienone is 16. The number of unbranched alkanes of at least 4 members (excludes halogenated alkanes) is 12. The second kappa shape index (κ2) is 41.7. The molecule has 1 fully saturated rings. The molecule has 0 aromatic carbocycles. The molecule has 0 bridgehead atoms. The fourth-order valence-corrected chi connectivity index (χ4v) is 7.88. The second-order valence-corrected chi connectivity index (χ2v) is 18.3. The first-order valence-electron chi connectivity index (χ1n) is 25.0. The number of hydrogen-bond acceptors (Lipinski definition) is 12. The van der Waals surface area contributed by atoms with E-state index in [9.17, 15) is 44.6 Å². The SMILES string of the molecule is CC/C=C\C/C=C\C/C=C\C/C=C\C/C=C\CCCCCC(=O)OC(COC(=O)CCCCCCCC/C=C\C/C=C\C/C=C\CCCCC)COP(=O)(O)OC1C(O)C(O)C(O)C(O)C1O. The lowest BCUT2D eigenvalue weighted by molar-refractivity contribution is -0.220. The summed E-state index contributed by atoms with van der Waals surface area (Å²) in [6.07, 6.45) is 43.0. The van der Waals surface area contributed by atoms with Crippen LogP contribution in [0.15, 0.2) is 97.2 Å². The van der Waals surface area contributed by atoms with Crippen LogP contribution in [0.25, 0.3) is 0 Å². The Balaban J connectivity index is 2.47. The van der Waals surface area contributed by atoms with Gasteiger partial charge in [-0.15, -0.1) is 0 Å². The van der Waals surface area contributed by atoms with Crippen molar-refractivity contribution in [3.63, 3.8) is 0 Å². The highest BCUT2D eigenvalue weighted by Crippen LogP contribution is 2.47. The van der Waals surface area contributed by atoms with Gasteiger partial charge in [-0.3, -0.25) is 18.6 Å². The van der Waals surface area contributed by atoms with Crippen LogP contribution in [0.3, 0.4) is 0 Å². The van der Waals surface area contributed by atoms with Gasteiger partial charge in [-0.2, -0.15) is 0 Å². The zero-order valence-corrected chi connectivity index (χ0v) is 41.5. The van der Waals surface area contributed by atoms with Crippen LogP contribution in [0.2, 0.25) is 0 Å². The molecule has 14 heteroatoms. The Hall–Kier alpha value is -3.23. The average molecular weight is 963 g/mol. The van der Waals surface area contributed by atoms with Gasteiger partial charge in [0.1, 0.15) is 43.2 Å². The van der Waals surface area contributed by atoms with E-state index < -0.39 is 75.7 Å². The van der Waals surface area contributed by atoms with Crippen molar-refractivity contribution >= 4 is 19.8 Å². The van der Waals surface area contributed by atoms with E-state index in [1.807, 2.05) is 0 Å². The molecule has 382 valence electrons. The zero-order valence-electron chi connectivity index (χ0n) is 40.7. The van der Waals surface area contributed by atoms with Crippen LogP contribution in [0, 0.1) is 0 Å². The number of carbonyl (C=O) groups is 2. The molecule has 1 aliphatic carbocycles. The zero-order chi connectivity index (χ0) is 49.2. The van der Waals surface area contributed by atoms with Crippen LogP contribution in [-0.2, 0) is 32.7 Å². The molecule has 0 aromatic rings. The quantitative estimate of drug-likeness (QED) is 0.0146. The third-order valence-electron chi connectivity index (χ3n) is 10.9. The van der Waals surface area contributed by atoms with Crippen LogP contribution in [-0.4, -0.2) is 98.3 Å². The number of aliphatic hydroxyl groups excluding tert-OH is 5. The number of phosphoric ester groups is 1. The van der Waals surface area contributed by atoms with Gasteiger partial charge in [0.2, 0.25) is 0 Å². The minimum atomic E-state index is -5.14. The van der Waals surface area contributed by atoms with Gasteiger partial charge in [0.15, 0.2) is 6.10 Å². The van der Waals surface area contributed by atoms with E-state index in [1.165, 1.54) is 19.3 Å². The highest BCUT2D eigenvalue weighted by Gasteiger charge is 2.51. The van der Waals surface area contributed by atoms with Crippen molar-refractivity contribution < 1.29 is 63.1 Å². The molecule has 6 N–H and O–H groups in total. The van der Waals surface area contributed by atoms with Gasteiger partial charge >= 0.3 is 19.8 Å². The van der Waals surface area contributed by atoms with Crippen LogP contribution in [0.5, 0.6) is 0 Å². The smallest absolute Gasteiger partial charge is 0.462 e. The van der Waals surface area contributed by atoms with Crippen molar-refractivity contribution in [2.75, 3.05) is 13.2 Å². The topological polar surface area (TPSA) is 210 Å².